The van der Waals surface area contributed by atoms with Crippen molar-refractivity contribution in [2.45, 2.75) is 25.7 Å². The maximum Gasteiger partial charge on any atom is 0.148 e. The molecule has 0 aliphatic carbocycles. The van der Waals surface area contributed by atoms with E-state index in [1.807, 2.05) is 0 Å². The molecule has 0 unspecified atom stereocenters. The molecule has 0 amide bonds. The van der Waals surface area contributed by atoms with Crippen molar-refractivity contribution in [3.8, 4) is 0 Å². The molecule has 1 fully saturated rings. The van der Waals surface area contributed by atoms with E-state index in [-0.39, 0.29) is 0 Å². The van der Waals surface area contributed by atoms with Gasteiger partial charge in [0.1, 0.15) is 17.3 Å². The van der Waals surface area contributed by atoms with Crippen LogP contribution in [0.4, 0.5) is 5.82 Å². The van der Waals surface area contributed by atoms with Gasteiger partial charge in [-0.1, -0.05) is 24.4 Å². The smallest absolute Gasteiger partial charge is 0.148 e. The molecule has 0 N–H and O–H groups in total. The van der Waals surface area contributed by atoms with E-state index < -0.39 is 0 Å². The highest BCUT2D eigenvalue weighted by atomic mass is 79.9. The molecule has 0 atom stereocenters. The first kappa shape index (κ1) is 11.1. The van der Waals surface area contributed by atoms with Crippen molar-refractivity contribution < 1.29 is 0 Å². The molecule has 1 aliphatic heterocycles. The van der Waals surface area contributed by atoms with Crippen molar-refractivity contribution >= 4 is 33.3 Å². The van der Waals surface area contributed by atoms with Gasteiger partial charge in [0.05, 0.1) is 4.47 Å². The number of nitrogens with zero attached hydrogens (tertiary/aromatic N) is 3. The summed E-state index contributed by atoms with van der Waals surface area (Å²) in [6, 6.07) is 0. The number of rotatable bonds is 1. The summed E-state index contributed by atoms with van der Waals surface area (Å²) < 4.78 is 0.813. The Labute approximate surface area is 103 Å². The van der Waals surface area contributed by atoms with Gasteiger partial charge in [-0.05, 0) is 28.8 Å². The summed E-state index contributed by atoms with van der Waals surface area (Å²) >= 11 is 9.39. The highest BCUT2D eigenvalue weighted by Gasteiger charge is 2.15. The Balaban J connectivity index is 2.23. The number of hydrogen-bond acceptors (Lipinski definition) is 3. The molecule has 15 heavy (non-hydrogen) atoms. The fraction of sp³-hybridized carbons (Fsp3) is 0.600. The largest absolute Gasteiger partial charge is 0.356 e. The fourth-order valence-corrected chi connectivity index (χ4v) is 2.43. The average Bonchev–Trinajstić information content (AvgIpc) is 2.50. The molecule has 3 nitrogen and oxygen atoms in total. The summed E-state index contributed by atoms with van der Waals surface area (Å²) in [4.78, 5) is 10.5. The summed E-state index contributed by atoms with van der Waals surface area (Å²) in [6.07, 6.45) is 6.61. The quantitative estimate of drug-likeness (QED) is 0.743. The van der Waals surface area contributed by atoms with Crippen LogP contribution in [0.1, 0.15) is 25.7 Å². The lowest BCUT2D eigenvalue weighted by Gasteiger charge is -2.22. The average molecular weight is 291 g/mol. The van der Waals surface area contributed by atoms with Crippen LogP contribution in [0, 0.1) is 0 Å². The van der Waals surface area contributed by atoms with Crippen LogP contribution in [0.5, 0.6) is 0 Å². The van der Waals surface area contributed by atoms with Crippen LogP contribution < -0.4 is 4.90 Å². The summed E-state index contributed by atoms with van der Waals surface area (Å²) in [5.74, 6) is 0.928. The van der Waals surface area contributed by atoms with Gasteiger partial charge in [-0.15, -0.1) is 0 Å². The van der Waals surface area contributed by atoms with Gasteiger partial charge in [0, 0.05) is 13.1 Å². The van der Waals surface area contributed by atoms with E-state index >= 15 is 0 Å². The Bertz CT molecular complexity index is 337. The molecule has 0 aromatic carbocycles. The molecule has 2 heterocycles. The zero-order valence-corrected chi connectivity index (χ0v) is 10.8. The highest BCUT2D eigenvalue weighted by molar-refractivity contribution is 9.10. The van der Waals surface area contributed by atoms with E-state index in [9.17, 15) is 0 Å². The lowest BCUT2D eigenvalue weighted by molar-refractivity contribution is 0.726. The second-order valence-corrected chi connectivity index (χ2v) is 4.85. The van der Waals surface area contributed by atoms with Gasteiger partial charge < -0.3 is 4.90 Å². The molecule has 0 saturated carbocycles. The van der Waals surface area contributed by atoms with E-state index in [4.69, 9.17) is 11.6 Å². The molecule has 0 bridgehead atoms. The number of anilines is 1. The number of halogens is 2. The fourth-order valence-electron chi connectivity index (χ4n) is 1.84. The minimum atomic E-state index is 0.490. The normalized spacial score (nSPS) is 17.6. The topological polar surface area (TPSA) is 29.0 Å². The molecule has 1 aliphatic rings. The molecule has 0 radical (unpaired) electrons. The van der Waals surface area contributed by atoms with Crippen LogP contribution in [0.15, 0.2) is 10.8 Å². The Morgan fingerprint density at radius 1 is 1.13 bits per heavy atom. The van der Waals surface area contributed by atoms with Crippen LogP contribution in [0.3, 0.4) is 0 Å². The van der Waals surface area contributed by atoms with E-state index in [1.54, 1.807) is 0 Å². The summed E-state index contributed by atoms with van der Waals surface area (Å²) in [6.45, 7) is 2.12. The van der Waals surface area contributed by atoms with Crippen molar-refractivity contribution in [1.82, 2.24) is 9.97 Å². The molecule has 1 aromatic rings. The monoisotopic (exact) mass is 289 g/mol. The van der Waals surface area contributed by atoms with Gasteiger partial charge in [-0.25, -0.2) is 9.97 Å². The van der Waals surface area contributed by atoms with Crippen molar-refractivity contribution in [2.24, 2.45) is 0 Å². The molecule has 2 rings (SSSR count). The van der Waals surface area contributed by atoms with Crippen molar-refractivity contribution in [1.29, 1.82) is 0 Å². The summed E-state index contributed by atoms with van der Waals surface area (Å²) in [5.41, 5.74) is 0. The van der Waals surface area contributed by atoms with Gasteiger partial charge in [0.2, 0.25) is 0 Å². The van der Waals surface area contributed by atoms with Gasteiger partial charge in [0.15, 0.2) is 0 Å². The van der Waals surface area contributed by atoms with E-state index in [1.165, 1.54) is 32.0 Å². The Morgan fingerprint density at radius 3 is 2.47 bits per heavy atom. The number of aromatic nitrogens is 2. The maximum atomic E-state index is 5.95. The van der Waals surface area contributed by atoms with Crippen LogP contribution >= 0.6 is 27.5 Å². The zero-order chi connectivity index (χ0) is 10.7. The third-order valence-electron chi connectivity index (χ3n) is 2.63. The predicted octanol–water partition coefficient (Wildman–Crippen LogP) is 3.27. The first-order valence-corrected chi connectivity index (χ1v) is 6.37. The first-order chi connectivity index (χ1) is 7.29. The lowest BCUT2D eigenvalue weighted by atomic mass is 10.2. The van der Waals surface area contributed by atoms with Crippen LogP contribution in [-0.2, 0) is 0 Å². The summed E-state index contributed by atoms with van der Waals surface area (Å²) in [7, 11) is 0. The minimum absolute atomic E-state index is 0.490. The molecule has 5 heteroatoms. The van der Waals surface area contributed by atoms with E-state index in [2.05, 4.69) is 30.8 Å². The third-order valence-corrected chi connectivity index (χ3v) is 3.88. The van der Waals surface area contributed by atoms with Crippen LogP contribution in [0.25, 0.3) is 0 Å². The lowest BCUT2D eigenvalue weighted by Crippen LogP contribution is -2.25. The number of hydrogen-bond donors (Lipinski definition) is 0. The van der Waals surface area contributed by atoms with Crippen LogP contribution in [0.2, 0.25) is 5.15 Å². The van der Waals surface area contributed by atoms with Crippen LogP contribution in [-0.4, -0.2) is 23.1 Å². The summed E-state index contributed by atoms with van der Waals surface area (Å²) in [5, 5.41) is 0.490. The Hall–Kier alpha value is -0.350. The van der Waals surface area contributed by atoms with Crippen molar-refractivity contribution in [3.05, 3.63) is 16.0 Å². The molecule has 0 spiro atoms. The SMILES string of the molecule is Clc1ncnc(N2CCCCCC2)c1Br. The minimum Gasteiger partial charge on any atom is -0.356 e. The standard InChI is InChI=1S/C10H13BrClN3/c11-8-9(12)13-7-14-10(8)15-5-3-1-2-4-6-15/h7H,1-6H2. The second kappa shape index (κ2) is 5.12. The van der Waals surface area contributed by atoms with Gasteiger partial charge in [0.25, 0.3) is 0 Å². The zero-order valence-electron chi connectivity index (χ0n) is 8.42. The van der Waals surface area contributed by atoms with Gasteiger partial charge in [-0.3, -0.25) is 0 Å². The molecule has 82 valence electrons. The highest BCUT2D eigenvalue weighted by Crippen LogP contribution is 2.30. The van der Waals surface area contributed by atoms with Gasteiger partial charge >= 0.3 is 0 Å². The molecular formula is C10H13BrClN3. The molecule has 1 saturated heterocycles. The predicted molar refractivity (Wildman–Crippen MR) is 65.4 cm³/mol. The Morgan fingerprint density at radius 2 is 1.80 bits per heavy atom. The molecular weight excluding hydrogens is 277 g/mol. The van der Waals surface area contributed by atoms with E-state index in [0.717, 1.165) is 23.4 Å². The second-order valence-electron chi connectivity index (χ2n) is 3.70. The third kappa shape index (κ3) is 2.61. The van der Waals surface area contributed by atoms with E-state index in [0.29, 0.717) is 5.15 Å². The molecule has 1 aromatic heterocycles. The maximum absolute atomic E-state index is 5.95. The van der Waals surface area contributed by atoms with Crippen molar-refractivity contribution in [3.63, 3.8) is 0 Å². The first-order valence-electron chi connectivity index (χ1n) is 5.20. The Kier molecular flexibility index (Phi) is 3.81. The van der Waals surface area contributed by atoms with Gasteiger partial charge in [-0.2, -0.15) is 0 Å². The van der Waals surface area contributed by atoms with Crippen molar-refractivity contribution in [2.75, 3.05) is 18.0 Å².